The Labute approximate surface area is 174 Å². The summed E-state index contributed by atoms with van der Waals surface area (Å²) in [7, 11) is 4.62. The zero-order valence-corrected chi connectivity index (χ0v) is 17.3. The molecule has 0 aliphatic carbocycles. The van der Waals surface area contributed by atoms with Crippen molar-refractivity contribution < 1.29 is 28.5 Å². The summed E-state index contributed by atoms with van der Waals surface area (Å²) < 4.78 is 21.3. The quantitative estimate of drug-likeness (QED) is 0.679. The number of rotatable bonds is 7. The molecule has 2 aromatic rings. The number of hydrogen-bond acceptors (Lipinski definition) is 6. The number of hydrogen-bond donors (Lipinski definition) is 2. The Balaban J connectivity index is 2.22. The Morgan fingerprint density at radius 2 is 1.63 bits per heavy atom. The van der Waals surface area contributed by atoms with Gasteiger partial charge in [0, 0.05) is 5.56 Å². The van der Waals surface area contributed by atoms with Gasteiger partial charge in [-0.2, -0.15) is 0 Å². The van der Waals surface area contributed by atoms with Crippen molar-refractivity contribution in [3.63, 3.8) is 0 Å². The van der Waals surface area contributed by atoms with E-state index in [2.05, 4.69) is 10.6 Å². The first-order valence-corrected chi connectivity index (χ1v) is 9.37. The van der Waals surface area contributed by atoms with Crippen LogP contribution < -0.4 is 24.8 Å². The van der Waals surface area contributed by atoms with Gasteiger partial charge in [-0.3, -0.25) is 0 Å². The predicted molar refractivity (Wildman–Crippen MR) is 111 cm³/mol. The molecule has 8 heteroatoms. The van der Waals surface area contributed by atoms with Gasteiger partial charge in [-0.05, 0) is 55.0 Å². The zero-order chi connectivity index (χ0) is 21.7. The van der Waals surface area contributed by atoms with E-state index in [4.69, 9.17) is 18.9 Å². The summed E-state index contributed by atoms with van der Waals surface area (Å²) in [5, 5.41) is 5.54. The summed E-state index contributed by atoms with van der Waals surface area (Å²) in [6, 6.07) is 10.9. The molecular weight excluding hydrogens is 388 g/mol. The van der Waals surface area contributed by atoms with Crippen molar-refractivity contribution in [2.75, 3.05) is 27.9 Å². The van der Waals surface area contributed by atoms with Crippen LogP contribution in [0.5, 0.6) is 17.2 Å². The first-order chi connectivity index (χ1) is 14.5. The molecule has 0 fully saturated rings. The number of urea groups is 1. The van der Waals surface area contributed by atoms with Crippen molar-refractivity contribution in [3.8, 4) is 17.2 Å². The lowest BCUT2D eigenvalue weighted by Crippen LogP contribution is -2.45. The first-order valence-electron chi connectivity index (χ1n) is 9.37. The van der Waals surface area contributed by atoms with Gasteiger partial charge in [0.1, 0.15) is 17.2 Å². The Bertz CT molecular complexity index is 968. The zero-order valence-electron chi connectivity index (χ0n) is 17.3. The summed E-state index contributed by atoms with van der Waals surface area (Å²) in [4.78, 5) is 25.5. The third-order valence-corrected chi connectivity index (χ3v) is 4.69. The number of carbonyl (C=O) groups excluding carboxylic acids is 2. The molecule has 0 spiro atoms. The molecule has 1 aliphatic rings. The normalized spacial score (nSPS) is 15.7. The number of ether oxygens (including phenoxy) is 4. The molecule has 3 rings (SSSR count). The highest BCUT2D eigenvalue weighted by Gasteiger charge is 2.36. The van der Waals surface area contributed by atoms with E-state index in [0.29, 0.717) is 34.1 Å². The highest BCUT2D eigenvalue weighted by Crippen LogP contribution is 2.38. The average Bonchev–Trinajstić information content (AvgIpc) is 2.78. The second-order valence-corrected chi connectivity index (χ2v) is 6.38. The highest BCUT2D eigenvalue weighted by molar-refractivity contribution is 6.04. The largest absolute Gasteiger partial charge is 0.497 e. The topological polar surface area (TPSA) is 95.1 Å². The fourth-order valence-electron chi connectivity index (χ4n) is 3.28. The summed E-state index contributed by atoms with van der Waals surface area (Å²) in [6.07, 6.45) is 0. The van der Waals surface area contributed by atoms with Gasteiger partial charge in [0.15, 0.2) is 0 Å². The summed E-state index contributed by atoms with van der Waals surface area (Å²) in [5.41, 5.74) is 1.82. The molecule has 0 aromatic heterocycles. The highest BCUT2D eigenvalue weighted by atomic mass is 16.5. The van der Waals surface area contributed by atoms with E-state index >= 15 is 0 Å². The van der Waals surface area contributed by atoms with Crippen LogP contribution in [-0.2, 0) is 9.53 Å². The molecule has 0 bridgehead atoms. The molecule has 2 aromatic carbocycles. The molecule has 2 N–H and O–H groups in total. The Kier molecular flexibility index (Phi) is 6.46. The average molecular weight is 412 g/mol. The van der Waals surface area contributed by atoms with Gasteiger partial charge < -0.3 is 29.6 Å². The minimum absolute atomic E-state index is 0.189. The number of amides is 2. The van der Waals surface area contributed by atoms with Crippen LogP contribution in [0.1, 0.15) is 24.1 Å². The van der Waals surface area contributed by atoms with Gasteiger partial charge in [-0.25, -0.2) is 9.59 Å². The van der Waals surface area contributed by atoms with E-state index in [9.17, 15) is 9.59 Å². The van der Waals surface area contributed by atoms with E-state index in [1.54, 1.807) is 56.5 Å². The third kappa shape index (κ3) is 4.17. The molecule has 0 radical (unpaired) electrons. The fraction of sp³-hybridized carbons (Fsp3) is 0.273. The Morgan fingerprint density at radius 1 is 0.967 bits per heavy atom. The van der Waals surface area contributed by atoms with Crippen molar-refractivity contribution in [2.45, 2.75) is 13.0 Å². The van der Waals surface area contributed by atoms with Crippen molar-refractivity contribution in [2.24, 2.45) is 0 Å². The number of nitrogens with one attached hydrogen (secondary N) is 2. The van der Waals surface area contributed by atoms with Crippen molar-refractivity contribution in [1.82, 2.24) is 10.6 Å². The summed E-state index contributed by atoms with van der Waals surface area (Å²) in [6.45, 7) is 1.91. The second kappa shape index (κ2) is 9.21. The van der Waals surface area contributed by atoms with Crippen LogP contribution in [0.3, 0.4) is 0 Å². The van der Waals surface area contributed by atoms with Crippen LogP contribution >= 0.6 is 0 Å². The van der Waals surface area contributed by atoms with Crippen LogP contribution in [0, 0.1) is 0 Å². The van der Waals surface area contributed by atoms with Crippen LogP contribution in [0.2, 0.25) is 0 Å². The fourth-order valence-corrected chi connectivity index (χ4v) is 3.28. The van der Waals surface area contributed by atoms with Crippen LogP contribution in [-0.4, -0.2) is 39.9 Å². The Morgan fingerprint density at radius 3 is 2.23 bits per heavy atom. The minimum atomic E-state index is -0.806. The van der Waals surface area contributed by atoms with E-state index in [1.807, 2.05) is 0 Å². The molecule has 30 heavy (non-hydrogen) atoms. The molecule has 0 saturated carbocycles. The van der Waals surface area contributed by atoms with Crippen molar-refractivity contribution in [3.05, 3.63) is 59.2 Å². The maximum Gasteiger partial charge on any atom is 0.338 e. The first kappa shape index (κ1) is 21.0. The molecule has 1 heterocycles. The summed E-state index contributed by atoms with van der Waals surface area (Å²) in [5.74, 6) is 1.17. The number of methoxy groups -OCH3 is 3. The van der Waals surface area contributed by atoms with Crippen LogP contribution in [0.4, 0.5) is 4.79 Å². The standard InChI is InChI=1S/C22H24N2O6/c1-5-30-21(25)18-19(13-6-8-14(27-2)9-7-13)23-22(26)24-20(18)16-12-15(28-3)10-11-17(16)29-4/h6-12,20H,5H2,1-4H3,(H2,23,24,26). The van der Waals surface area contributed by atoms with Gasteiger partial charge >= 0.3 is 12.0 Å². The van der Waals surface area contributed by atoms with Gasteiger partial charge in [0.25, 0.3) is 0 Å². The smallest absolute Gasteiger partial charge is 0.338 e. The van der Waals surface area contributed by atoms with E-state index in [1.165, 1.54) is 14.2 Å². The molecule has 1 unspecified atom stereocenters. The maximum atomic E-state index is 13.0. The number of benzene rings is 2. The van der Waals surface area contributed by atoms with E-state index in [-0.39, 0.29) is 12.2 Å². The van der Waals surface area contributed by atoms with Gasteiger partial charge in [-0.15, -0.1) is 0 Å². The molecule has 158 valence electrons. The summed E-state index contributed by atoms with van der Waals surface area (Å²) >= 11 is 0. The van der Waals surface area contributed by atoms with E-state index < -0.39 is 18.0 Å². The van der Waals surface area contributed by atoms with Crippen molar-refractivity contribution >= 4 is 17.7 Å². The maximum absolute atomic E-state index is 13.0. The lowest BCUT2D eigenvalue weighted by molar-refractivity contribution is -0.138. The van der Waals surface area contributed by atoms with Gasteiger partial charge in [0.2, 0.25) is 0 Å². The van der Waals surface area contributed by atoms with Gasteiger partial charge in [-0.1, -0.05) is 0 Å². The second-order valence-electron chi connectivity index (χ2n) is 6.38. The molecule has 2 amide bonds. The molecule has 1 aliphatic heterocycles. The van der Waals surface area contributed by atoms with Crippen LogP contribution in [0.25, 0.3) is 5.70 Å². The van der Waals surface area contributed by atoms with Crippen molar-refractivity contribution in [1.29, 1.82) is 0 Å². The van der Waals surface area contributed by atoms with Gasteiger partial charge in [0.05, 0.1) is 45.2 Å². The number of esters is 1. The Hall–Kier alpha value is -3.68. The predicted octanol–water partition coefficient (Wildman–Crippen LogP) is 3.04. The van der Waals surface area contributed by atoms with Crippen LogP contribution in [0.15, 0.2) is 48.0 Å². The molecule has 1 atom stereocenters. The molecule has 8 nitrogen and oxygen atoms in total. The monoisotopic (exact) mass is 412 g/mol. The van der Waals surface area contributed by atoms with E-state index in [0.717, 1.165) is 0 Å². The minimum Gasteiger partial charge on any atom is -0.497 e. The lowest BCUT2D eigenvalue weighted by atomic mass is 9.92. The number of carbonyl (C=O) groups is 2. The SMILES string of the molecule is CCOC(=O)C1=C(c2ccc(OC)cc2)NC(=O)NC1c1cc(OC)ccc1OC. The molecular formula is C22H24N2O6. The third-order valence-electron chi connectivity index (χ3n) is 4.69. The lowest BCUT2D eigenvalue weighted by Gasteiger charge is -2.30. The molecule has 0 saturated heterocycles.